The lowest BCUT2D eigenvalue weighted by molar-refractivity contribution is -0.142. The van der Waals surface area contributed by atoms with Crippen LogP contribution in [-0.2, 0) is 12.1 Å². The Morgan fingerprint density at radius 2 is 1.94 bits per heavy atom. The van der Waals surface area contributed by atoms with E-state index >= 15 is 0 Å². The third-order valence-corrected chi connectivity index (χ3v) is 5.67. The molecule has 8 nitrogen and oxygen atoms in total. The maximum Gasteiger partial charge on any atom is 0.408 e. The van der Waals surface area contributed by atoms with Crippen LogP contribution in [-0.4, -0.2) is 46.1 Å². The van der Waals surface area contributed by atoms with Gasteiger partial charge in [0.15, 0.2) is 5.75 Å². The number of fused-ring (bicyclic) bond motifs is 2. The van der Waals surface area contributed by atoms with Crippen LogP contribution in [0.1, 0.15) is 28.9 Å². The van der Waals surface area contributed by atoms with E-state index in [1.54, 1.807) is 24.4 Å². The van der Waals surface area contributed by atoms with Crippen LogP contribution in [0, 0.1) is 0 Å². The minimum atomic E-state index is -4.40. The molecule has 32 heavy (non-hydrogen) atoms. The van der Waals surface area contributed by atoms with Gasteiger partial charge in [0.25, 0.3) is 11.8 Å². The lowest BCUT2D eigenvalue weighted by Crippen LogP contribution is -2.33. The van der Waals surface area contributed by atoms with Crippen LogP contribution < -0.4 is 14.4 Å². The van der Waals surface area contributed by atoms with E-state index in [-0.39, 0.29) is 5.91 Å². The molecular weight excluding hydrogens is 427 g/mol. The Hall–Kier alpha value is -3.63. The number of amides is 1. The second-order valence-corrected chi connectivity index (χ2v) is 7.71. The van der Waals surface area contributed by atoms with Crippen molar-refractivity contribution in [2.45, 2.75) is 31.1 Å². The summed E-state index contributed by atoms with van der Waals surface area (Å²) in [6.07, 6.45) is 1.06. The van der Waals surface area contributed by atoms with E-state index in [0.717, 1.165) is 4.68 Å². The summed E-state index contributed by atoms with van der Waals surface area (Å²) in [4.78, 5) is 23.7. The lowest BCUT2D eigenvalue weighted by Gasteiger charge is -2.22. The zero-order valence-corrected chi connectivity index (χ0v) is 17.2. The topological polar surface area (TPSA) is 82.4 Å². The zero-order chi connectivity index (χ0) is 22.7. The minimum Gasteiger partial charge on any atom is -0.491 e. The molecule has 0 saturated heterocycles. The third kappa shape index (κ3) is 3.15. The van der Waals surface area contributed by atoms with E-state index in [4.69, 9.17) is 14.5 Å². The van der Waals surface area contributed by atoms with Gasteiger partial charge in [-0.05, 0) is 31.0 Å². The van der Waals surface area contributed by atoms with Gasteiger partial charge in [-0.25, -0.2) is 9.97 Å². The highest BCUT2D eigenvalue weighted by atomic mass is 19.4. The van der Waals surface area contributed by atoms with Crippen molar-refractivity contribution in [2.24, 2.45) is 0 Å². The van der Waals surface area contributed by atoms with E-state index < -0.39 is 18.3 Å². The van der Waals surface area contributed by atoms with E-state index in [1.807, 2.05) is 0 Å². The van der Waals surface area contributed by atoms with Gasteiger partial charge in [0.05, 0.1) is 48.6 Å². The Morgan fingerprint density at radius 3 is 2.59 bits per heavy atom. The average molecular weight is 445 g/mol. The summed E-state index contributed by atoms with van der Waals surface area (Å²) in [5.74, 6) is 0.491. The molecule has 11 heteroatoms. The van der Waals surface area contributed by atoms with Crippen LogP contribution in [0.2, 0.25) is 0 Å². The maximum atomic E-state index is 13.2. The quantitative estimate of drug-likeness (QED) is 0.597. The standard InChI is InChI=1S/C21H18F3N5O3/c1-31-16-7-12(8-25-18(16)32-2)15-4-3-14-17(27-15)20(5-6-20)29(19(14)30)13-9-26-28(10-13)11-21(22,23)24/h3-4,7-10H,5-6,11H2,1-2H3. The number of rotatable bonds is 5. The Balaban J connectivity index is 1.51. The Bertz CT molecular complexity index is 1220. The summed E-state index contributed by atoms with van der Waals surface area (Å²) in [6, 6.07) is 5.15. The molecule has 0 atom stereocenters. The molecule has 1 aliphatic heterocycles. The molecule has 1 saturated carbocycles. The minimum absolute atomic E-state index is 0.298. The summed E-state index contributed by atoms with van der Waals surface area (Å²) >= 11 is 0. The van der Waals surface area contributed by atoms with Gasteiger partial charge in [0.1, 0.15) is 6.54 Å². The molecule has 4 heterocycles. The largest absolute Gasteiger partial charge is 0.491 e. The van der Waals surface area contributed by atoms with Crippen molar-refractivity contribution in [2.75, 3.05) is 19.1 Å². The van der Waals surface area contributed by atoms with Crippen molar-refractivity contribution >= 4 is 11.6 Å². The molecule has 1 fully saturated rings. The Kier molecular flexibility index (Phi) is 4.40. The SMILES string of the molecule is COc1cc(-c2ccc3c(n2)C2(CC2)N(c2cnn(CC(F)(F)F)c2)C3=O)cnc1OC. The number of halogens is 3. The van der Waals surface area contributed by atoms with Gasteiger partial charge in [-0.3, -0.25) is 14.4 Å². The van der Waals surface area contributed by atoms with Gasteiger partial charge in [0.2, 0.25) is 0 Å². The molecule has 1 aliphatic carbocycles. The molecule has 1 amide bonds. The third-order valence-electron chi connectivity index (χ3n) is 5.67. The molecule has 0 bridgehead atoms. The number of pyridine rings is 2. The molecule has 166 valence electrons. The molecule has 3 aromatic heterocycles. The maximum absolute atomic E-state index is 13.2. The molecule has 5 rings (SSSR count). The van der Waals surface area contributed by atoms with E-state index in [2.05, 4.69) is 10.1 Å². The van der Waals surface area contributed by atoms with Crippen LogP contribution in [0.5, 0.6) is 11.6 Å². The van der Waals surface area contributed by atoms with Crippen molar-refractivity contribution < 1.29 is 27.4 Å². The van der Waals surface area contributed by atoms with Crippen molar-refractivity contribution in [1.82, 2.24) is 19.7 Å². The number of aromatic nitrogens is 4. The van der Waals surface area contributed by atoms with E-state index in [1.165, 1.54) is 31.5 Å². The summed E-state index contributed by atoms with van der Waals surface area (Å²) < 4.78 is 49.4. The smallest absolute Gasteiger partial charge is 0.408 e. The highest BCUT2D eigenvalue weighted by Gasteiger charge is 2.60. The summed E-state index contributed by atoms with van der Waals surface area (Å²) in [5, 5.41) is 3.79. The molecule has 3 aromatic rings. The molecule has 0 unspecified atom stereocenters. The fourth-order valence-electron chi connectivity index (χ4n) is 4.12. The van der Waals surface area contributed by atoms with Crippen molar-refractivity contribution in [3.8, 4) is 22.9 Å². The Morgan fingerprint density at radius 1 is 1.16 bits per heavy atom. The number of nitrogens with zero attached hydrogens (tertiary/aromatic N) is 5. The number of anilines is 1. The lowest BCUT2D eigenvalue weighted by atomic mass is 10.1. The van der Waals surface area contributed by atoms with Gasteiger partial charge in [0, 0.05) is 18.0 Å². The summed E-state index contributed by atoms with van der Waals surface area (Å²) in [5.41, 5.74) is 1.99. The second-order valence-electron chi connectivity index (χ2n) is 7.71. The van der Waals surface area contributed by atoms with Crippen LogP contribution in [0.4, 0.5) is 18.9 Å². The molecule has 0 N–H and O–H groups in total. The van der Waals surface area contributed by atoms with Gasteiger partial charge in [-0.1, -0.05) is 0 Å². The molecule has 0 radical (unpaired) electrons. The van der Waals surface area contributed by atoms with Crippen LogP contribution in [0.25, 0.3) is 11.3 Å². The van der Waals surface area contributed by atoms with E-state index in [0.29, 0.717) is 52.7 Å². The summed E-state index contributed by atoms with van der Waals surface area (Å²) in [6.45, 7) is -1.22. The monoisotopic (exact) mass is 445 g/mol. The molecule has 2 aliphatic rings. The number of alkyl halides is 3. The van der Waals surface area contributed by atoms with Gasteiger partial charge >= 0.3 is 6.18 Å². The highest BCUT2D eigenvalue weighted by molar-refractivity contribution is 6.12. The number of carbonyl (C=O) groups excluding carboxylic acids is 1. The van der Waals surface area contributed by atoms with Crippen LogP contribution in [0.15, 0.2) is 36.8 Å². The zero-order valence-electron chi connectivity index (χ0n) is 17.2. The number of methoxy groups -OCH3 is 2. The van der Waals surface area contributed by atoms with Gasteiger partial charge < -0.3 is 9.47 Å². The predicted molar refractivity (Wildman–Crippen MR) is 107 cm³/mol. The molecule has 0 aromatic carbocycles. The van der Waals surface area contributed by atoms with Crippen molar-refractivity contribution in [3.63, 3.8) is 0 Å². The number of carbonyl (C=O) groups is 1. The second kappa shape index (κ2) is 6.94. The highest BCUT2D eigenvalue weighted by Crippen LogP contribution is 2.57. The van der Waals surface area contributed by atoms with Crippen LogP contribution in [0.3, 0.4) is 0 Å². The van der Waals surface area contributed by atoms with Crippen LogP contribution >= 0.6 is 0 Å². The predicted octanol–water partition coefficient (Wildman–Crippen LogP) is 3.57. The van der Waals surface area contributed by atoms with Gasteiger partial charge in [-0.2, -0.15) is 18.3 Å². The summed E-state index contributed by atoms with van der Waals surface area (Å²) in [7, 11) is 3.00. The first-order chi connectivity index (χ1) is 15.3. The van der Waals surface area contributed by atoms with E-state index in [9.17, 15) is 18.0 Å². The van der Waals surface area contributed by atoms with Gasteiger partial charge in [-0.15, -0.1) is 0 Å². The van der Waals surface area contributed by atoms with Crippen molar-refractivity contribution in [1.29, 1.82) is 0 Å². The fourth-order valence-corrected chi connectivity index (χ4v) is 4.12. The molecular formula is C21H18F3N5O3. The fraction of sp³-hybridized carbons (Fsp3) is 0.333. The normalized spacial score (nSPS) is 16.4. The first kappa shape index (κ1) is 20.3. The Labute approximate surface area is 180 Å². The first-order valence-corrected chi connectivity index (χ1v) is 9.79. The first-order valence-electron chi connectivity index (χ1n) is 9.79. The number of ether oxygens (including phenoxy) is 2. The number of hydrogen-bond donors (Lipinski definition) is 0. The molecule has 1 spiro atoms. The number of hydrogen-bond acceptors (Lipinski definition) is 6. The van der Waals surface area contributed by atoms with Crippen molar-refractivity contribution in [3.05, 3.63) is 48.0 Å². The average Bonchev–Trinajstić information content (AvgIpc) is 3.37.